The van der Waals surface area contributed by atoms with Crippen molar-refractivity contribution in [2.45, 2.75) is 44.9 Å². The first-order chi connectivity index (χ1) is 11.1. The number of carbonyl (C=O) groups excluding carboxylic acids is 1. The number of guanidine groups is 1. The van der Waals surface area contributed by atoms with Gasteiger partial charge in [-0.3, -0.25) is 9.79 Å². The third-order valence-corrected chi connectivity index (χ3v) is 5.17. The molecule has 1 unspecified atom stereocenters. The van der Waals surface area contributed by atoms with Gasteiger partial charge in [0, 0.05) is 34.2 Å². The zero-order valence-corrected chi connectivity index (χ0v) is 14.9. The molecule has 2 aliphatic rings. The Kier molecular flexibility index (Phi) is 6.48. The number of aliphatic imine (C=N–C) groups is 1. The Morgan fingerprint density at radius 1 is 1.26 bits per heavy atom. The van der Waals surface area contributed by atoms with E-state index in [1.165, 1.54) is 12.8 Å². The van der Waals surface area contributed by atoms with Gasteiger partial charge in [-0.2, -0.15) is 0 Å². The van der Waals surface area contributed by atoms with Crippen molar-refractivity contribution in [2.24, 2.45) is 16.3 Å². The summed E-state index contributed by atoms with van der Waals surface area (Å²) in [7, 11) is 5.50. The smallest absolute Gasteiger partial charge is 0.230 e. The fourth-order valence-electron chi connectivity index (χ4n) is 3.75. The molecule has 0 radical (unpaired) electrons. The molecule has 0 aliphatic heterocycles. The molecule has 2 aliphatic carbocycles. The van der Waals surface area contributed by atoms with Crippen LogP contribution >= 0.6 is 0 Å². The number of hydrogen-bond acceptors (Lipinski definition) is 2. The predicted molar refractivity (Wildman–Crippen MR) is 95.4 cm³/mol. The number of hydrogen-bond donors (Lipinski definition) is 2. The summed E-state index contributed by atoms with van der Waals surface area (Å²) in [4.78, 5) is 18.6. The van der Waals surface area contributed by atoms with Crippen LogP contribution < -0.4 is 10.6 Å². The van der Waals surface area contributed by atoms with Gasteiger partial charge >= 0.3 is 0 Å². The Bertz CT molecular complexity index is 450. The van der Waals surface area contributed by atoms with E-state index in [2.05, 4.69) is 27.8 Å². The highest BCUT2D eigenvalue weighted by Gasteiger charge is 2.42. The molecular formula is C18H32N4O. The predicted octanol–water partition coefficient (Wildman–Crippen LogP) is 2.16. The molecule has 5 nitrogen and oxygen atoms in total. The molecule has 0 spiro atoms. The van der Waals surface area contributed by atoms with E-state index in [0.29, 0.717) is 12.5 Å². The van der Waals surface area contributed by atoms with Crippen LogP contribution in [0.2, 0.25) is 0 Å². The van der Waals surface area contributed by atoms with Gasteiger partial charge < -0.3 is 15.5 Å². The number of nitrogens with one attached hydrogen (secondary N) is 2. The first kappa shape index (κ1) is 17.8. The standard InChI is InChI=1S/C18H32N4O/c1-19-17(20-13-15-9-5-4-6-10-15)21-14-18(11-7-8-12-18)16(23)22(2)3/h4-5,15H,6-14H2,1-3H3,(H2,19,20,21). The van der Waals surface area contributed by atoms with Crippen molar-refractivity contribution in [3.8, 4) is 0 Å². The second-order valence-corrected chi connectivity index (χ2v) is 7.14. The molecule has 1 amide bonds. The van der Waals surface area contributed by atoms with Gasteiger partial charge in [-0.1, -0.05) is 25.0 Å². The van der Waals surface area contributed by atoms with Crippen molar-refractivity contribution in [3.63, 3.8) is 0 Å². The molecule has 1 fully saturated rings. The Morgan fingerprint density at radius 3 is 2.57 bits per heavy atom. The molecule has 2 rings (SSSR count). The lowest BCUT2D eigenvalue weighted by Gasteiger charge is -2.31. The van der Waals surface area contributed by atoms with Crippen molar-refractivity contribution >= 4 is 11.9 Å². The van der Waals surface area contributed by atoms with Gasteiger partial charge in [0.15, 0.2) is 5.96 Å². The molecule has 2 N–H and O–H groups in total. The first-order valence-corrected chi connectivity index (χ1v) is 8.89. The molecule has 1 atom stereocenters. The monoisotopic (exact) mass is 320 g/mol. The average Bonchev–Trinajstić information content (AvgIpc) is 3.05. The molecule has 0 aromatic carbocycles. The zero-order chi connectivity index (χ0) is 16.7. The van der Waals surface area contributed by atoms with E-state index in [9.17, 15) is 4.79 Å². The SMILES string of the molecule is CN=C(NCC1CC=CCC1)NCC1(C(=O)N(C)C)CCCC1. The van der Waals surface area contributed by atoms with Gasteiger partial charge in [-0.25, -0.2) is 0 Å². The van der Waals surface area contributed by atoms with E-state index in [1.54, 1.807) is 11.9 Å². The maximum atomic E-state index is 12.6. The van der Waals surface area contributed by atoms with Crippen LogP contribution in [-0.4, -0.2) is 51.0 Å². The lowest BCUT2D eigenvalue weighted by molar-refractivity contribution is -0.138. The second kappa shape index (κ2) is 8.37. The fourth-order valence-corrected chi connectivity index (χ4v) is 3.75. The van der Waals surface area contributed by atoms with E-state index in [0.717, 1.165) is 44.6 Å². The van der Waals surface area contributed by atoms with Crippen molar-refractivity contribution in [3.05, 3.63) is 12.2 Å². The summed E-state index contributed by atoms with van der Waals surface area (Å²) in [6.45, 7) is 1.62. The molecule has 0 aromatic rings. The lowest BCUT2D eigenvalue weighted by atomic mass is 9.84. The molecule has 0 saturated heterocycles. The normalized spacial score (nSPS) is 23.6. The Labute approximate surface area is 140 Å². The first-order valence-electron chi connectivity index (χ1n) is 8.89. The number of allylic oxidation sites excluding steroid dienone is 2. The van der Waals surface area contributed by atoms with Crippen LogP contribution in [0.25, 0.3) is 0 Å². The second-order valence-electron chi connectivity index (χ2n) is 7.14. The highest BCUT2D eigenvalue weighted by Crippen LogP contribution is 2.38. The third kappa shape index (κ3) is 4.72. The van der Waals surface area contributed by atoms with E-state index in [1.807, 2.05) is 14.1 Å². The van der Waals surface area contributed by atoms with E-state index < -0.39 is 0 Å². The minimum Gasteiger partial charge on any atom is -0.356 e. The number of amides is 1. The van der Waals surface area contributed by atoms with E-state index >= 15 is 0 Å². The van der Waals surface area contributed by atoms with Crippen LogP contribution in [0.15, 0.2) is 17.1 Å². The number of carbonyl (C=O) groups is 1. The van der Waals surface area contributed by atoms with Crippen LogP contribution in [0.1, 0.15) is 44.9 Å². The maximum Gasteiger partial charge on any atom is 0.230 e. The Balaban J connectivity index is 1.85. The van der Waals surface area contributed by atoms with Gasteiger partial charge in [0.1, 0.15) is 0 Å². The quantitative estimate of drug-likeness (QED) is 0.464. The van der Waals surface area contributed by atoms with E-state index in [-0.39, 0.29) is 11.3 Å². The van der Waals surface area contributed by atoms with Crippen molar-refractivity contribution in [1.82, 2.24) is 15.5 Å². The van der Waals surface area contributed by atoms with Crippen LogP contribution in [0, 0.1) is 11.3 Å². The summed E-state index contributed by atoms with van der Waals surface area (Å²) in [6, 6.07) is 0. The maximum absolute atomic E-state index is 12.6. The number of rotatable bonds is 5. The van der Waals surface area contributed by atoms with Crippen LogP contribution in [-0.2, 0) is 4.79 Å². The Morgan fingerprint density at radius 2 is 2.00 bits per heavy atom. The van der Waals surface area contributed by atoms with Gasteiger partial charge in [-0.15, -0.1) is 0 Å². The van der Waals surface area contributed by atoms with Gasteiger partial charge in [0.2, 0.25) is 5.91 Å². The molecule has 0 bridgehead atoms. The van der Waals surface area contributed by atoms with Crippen molar-refractivity contribution < 1.29 is 4.79 Å². The lowest BCUT2D eigenvalue weighted by Crippen LogP contribution is -2.49. The molecule has 0 aromatic heterocycles. The summed E-state index contributed by atoms with van der Waals surface area (Å²) < 4.78 is 0. The fraction of sp³-hybridized carbons (Fsp3) is 0.778. The average molecular weight is 320 g/mol. The molecule has 1 saturated carbocycles. The third-order valence-electron chi connectivity index (χ3n) is 5.17. The summed E-state index contributed by atoms with van der Waals surface area (Å²) in [5.41, 5.74) is -0.255. The topological polar surface area (TPSA) is 56.7 Å². The Hall–Kier alpha value is -1.52. The molecule has 5 heteroatoms. The summed E-state index contributed by atoms with van der Waals surface area (Å²) in [5.74, 6) is 1.75. The zero-order valence-electron chi connectivity index (χ0n) is 14.9. The van der Waals surface area contributed by atoms with Crippen LogP contribution in [0.3, 0.4) is 0 Å². The minimum atomic E-state index is -0.255. The van der Waals surface area contributed by atoms with Crippen LogP contribution in [0.5, 0.6) is 0 Å². The minimum absolute atomic E-state index is 0.246. The molecule has 23 heavy (non-hydrogen) atoms. The van der Waals surface area contributed by atoms with Gasteiger partial charge in [0.25, 0.3) is 0 Å². The summed E-state index contributed by atoms with van der Waals surface area (Å²) in [6.07, 6.45) is 12.3. The number of nitrogens with zero attached hydrogens (tertiary/aromatic N) is 2. The molecular weight excluding hydrogens is 288 g/mol. The van der Waals surface area contributed by atoms with Crippen molar-refractivity contribution in [2.75, 3.05) is 34.2 Å². The van der Waals surface area contributed by atoms with E-state index in [4.69, 9.17) is 0 Å². The highest BCUT2D eigenvalue weighted by atomic mass is 16.2. The van der Waals surface area contributed by atoms with Gasteiger partial charge in [0.05, 0.1) is 5.41 Å². The van der Waals surface area contributed by atoms with Gasteiger partial charge in [-0.05, 0) is 38.0 Å². The molecule has 130 valence electrons. The summed E-state index contributed by atoms with van der Waals surface area (Å²) in [5, 5.41) is 6.83. The largest absolute Gasteiger partial charge is 0.356 e. The molecule has 0 heterocycles. The van der Waals surface area contributed by atoms with Crippen LogP contribution in [0.4, 0.5) is 0 Å². The summed E-state index contributed by atoms with van der Waals surface area (Å²) >= 11 is 0. The highest BCUT2D eigenvalue weighted by molar-refractivity contribution is 5.85. The van der Waals surface area contributed by atoms with Crippen molar-refractivity contribution in [1.29, 1.82) is 0 Å².